The molecule has 0 aliphatic heterocycles. The predicted octanol–water partition coefficient (Wildman–Crippen LogP) is 2.89. The number of benzene rings is 2. The zero-order valence-electron chi connectivity index (χ0n) is 15.7. The van der Waals surface area contributed by atoms with Crippen molar-refractivity contribution in [1.82, 2.24) is 0 Å². The van der Waals surface area contributed by atoms with Gasteiger partial charge in [-0.05, 0) is 12.1 Å². The Hall–Kier alpha value is -2.87. The summed E-state index contributed by atoms with van der Waals surface area (Å²) in [4.78, 5) is 0. The lowest BCUT2D eigenvalue weighted by Gasteiger charge is -2.13. The lowest BCUT2D eigenvalue weighted by atomic mass is 10.1. The van der Waals surface area contributed by atoms with Gasteiger partial charge in [0.1, 0.15) is 23.0 Å². The van der Waals surface area contributed by atoms with E-state index in [1.165, 1.54) is 34.5 Å². The molecule has 0 unspecified atom stereocenters. The maximum atomic E-state index is 12.6. The summed E-state index contributed by atoms with van der Waals surface area (Å²) in [5.41, 5.74) is 7.19. The van der Waals surface area contributed by atoms with E-state index in [1.54, 1.807) is 30.3 Å². The molecule has 2 aromatic rings. The van der Waals surface area contributed by atoms with Crippen LogP contribution in [0.15, 0.2) is 35.7 Å². The van der Waals surface area contributed by atoms with Crippen LogP contribution >= 0.6 is 0 Å². The van der Waals surface area contributed by atoms with E-state index in [1.807, 2.05) is 0 Å². The van der Waals surface area contributed by atoms with E-state index in [2.05, 4.69) is 0 Å². The minimum atomic E-state index is -3.61. The normalized spacial score (nSPS) is 11.4. The molecule has 0 bridgehead atoms. The Balaban J connectivity index is 2.38. The molecule has 0 radical (unpaired) electrons. The third kappa shape index (κ3) is 4.85. The van der Waals surface area contributed by atoms with Crippen LogP contribution in [0.4, 0.5) is 5.69 Å². The second kappa shape index (κ2) is 8.68. The van der Waals surface area contributed by atoms with Crippen molar-refractivity contribution < 1.29 is 27.4 Å². The quantitative estimate of drug-likeness (QED) is 0.689. The summed E-state index contributed by atoms with van der Waals surface area (Å²) in [5, 5.41) is 1.11. The lowest BCUT2D eigenvalue weighted by molar-refractivity contribution is 0.374. The van der Waals surface area contributed by atoms with E-state index >= 15 is 0 Å². The van der Waals surface area contributed by atoms with Gasteiger partial charge in [0.05, 0.1) is 45.4 Å². The van der Waals surface area contributed by atoms with Crippen LogP contribution in [0.1, 0.15) is 11.1 Å². The maximum Gasteiger partial charge on any atom is 0.175 e. The highest BCUT2D eigenvalue weighted by Gasteiger charge is 2.16. The molecule has 0 aromatic heterocycles. The Morgan fingerprint density at radius 3 is 2.11 bits per heavy atom. The molecule has 0 aliphatic carbocycles. The highest BCUT2D eigenvalue weighted by atomic mass is 32.2. The van der Waals surface area contributed by atoms with Crippen molar-refractivity contribution in [2.45, 2.75) is 5.75 Å². The van der Waals surface area contributed by atoms with Gasteiger partial charge >= 0.3 is 0 Å². The van der Waals surface area contributed by atoms with Gasteiger partial charge in [-0.3, -0.25) is 0 Å². The van der Waals surface area contributed by atoms with E-state index in [4.69, 9.17) is 24.7 Å². The molecule has 2 rings (SSSR count). The molecule has 0 spiro atoms. The van der Waals surface area contributed by atoms with Gasteiger partial charge < -0.3 is 24.7 Å². The summed E-state index contributed by atoms with van der Waals surface area (Å²) >= 11 is 0. The Morgan fingerprint density at radius 2 is 1.59 bits per heavy atom. The van der Waals surface area contributed by atoms with Gasteiger partial charge in [0.2, 0.25) is 0 Å². The number of nitrogens with two attached hydrogens (primary N) is 1. The Bertz CT molecular complexity index is 912. The first-order chi connectivity index (χ1) is 12.8. The molecule has 27 heavy (non-hydrogen) atoms. The zero-order valence-corrected chi connectivity index (χ0v) is 16.5. The minimum Gasteiger partial charge on any atom is -0.496 e. The Labute approximate surface area is 159 Å². The molecular formula is C19H23NO6S. The summed E-state index contributed by atoms with van der Waals surface area (Å²) in [6.07, 6.45) is 1.44. The summed E-state index contributed by atoms with van der Waals surface area (Å²) in [7, 11) is 2.33. The molecule has 2 aromatic carbocycles. The fourth-order valence-corrected chi connectivity index (χ4v) is 3.70. The van der Waals surface area contributed by atoms with Crippen LogP contribution in [0.25, 0.3) is 6.08 Å². The van der Waals surface area contributed by atoms with E-state index in [0.717, 1.165) is 5.41 Å². The van der Waals surface area contributed by atoms with Crippen molar-refractivity contribution in [1.29, 1.82) is 0 Å². The number of hydrogen-bond donors (Lipinski definition) is 1. The SMILES string of the molecule is COc1cc(OC)c(/C=C/S(=O)(=O)Cc2cccc(N)c2OC)c(OC)c1. The molecule has 146 valence electrons. The van der Waals surface area contributed by atoms with Crippen LogP contribution in [-0.2, 0) is 15.6 Å². The fraction of sp³-hybridized carbons (Fsp3) is 0.263. The third-order valence-electron chi connectivity index (χ3n) is 3.88. The second-order valence-corrected chi connectivity index (χ2v) is 7.48. The van der Waals surface area contributed by atoms with Gasteiger partial charge in [-0.2, -0.15) is 0 Å². The molecule has 0 fully saturated rings. The van der Waals surface area contributed by atoms with Crippen molar-refractivity contribution in [2.75, 3.05) is 34.2 Å². The summed E-state index contributed by atoms with van der Waals surface area (Å²) in [6, 6.07) is 8.29. The highest BCUT2D eigenvalue weighted by Crippen LogP contribution is 2.35. The van der Waals surface area contributed by atoms with E-state index < -0.39 is 9.84 Å². The molecule has 0 amide bonds. The van der Waals surface area contributed by atoms with Gasteiger partial charge in [0.15, 0.2) is 9.84 Å². The minimum absolute atomic E-state index is 0.251. The first kappa shape index (κ1) is 20.4. The topological polar surface area (TPSA) is 97.1 Å². The van der Waals surface area contributed by atoms with E-state index in [9.17, 15) is 8.42 Å². The second-order valence-electron chi connectivity index (χ2n) is 5.60. The summed E-state index contributed by atoms with van der Waals surface area (Å²) < 4.78 is 46.2. The zero-order chi connectivity index (χ0) is 20.0. The first-order valence-electron chi connectivity index (χ1n) is 7.97. The number of anilines is 1. The summed E-state index contributed by atoms with van der Waals surface area (Å²) in [6.45, 7) is 0. The maximum absolute atomic E-state index is 12.6. The Morgan fingerprint density at radius 1 is 0.963 bits per heavy atom. The molecule has 0 heterocycles. The largest absolute Gasteiger partial charge is 0.496 e. The molecule has 7 nitrogen and oxygen atoms in total. The van der Waals surface area contributed by atoms with Crippen LogP contribution < -0.4 is 24.7 Å². The molecule has 0 atom stereocenters. The van der Waals surface area contributed by atoms with E-state index in [0.29, 0.717) is 39.8 Å². The van der Waals surface area contributed by atoms with Gasteiger partial charge in [-0.1, -0.05) is 12.1 Å². The third-order valence-corrected chi connectivity index (χ3v) is 5.15. The van der Waals surface area contributed by atoms with Gasteiger partial charge in [0.25, 0.3) is 0 Å². The summed E-state index contributed by atoms with van der Waals surface area (Å²) in [5.74, 6) is 1.50. The number of rotatable bonds is 8. The standard InChI is InChI=1S/C19H23NO6S/c1-23-14-10-17(24-2)15(18(11-14)25-3)8-9-27(21,22)12-13-6-5-7-16(20)19(13)26-4/h5-11H,12,20H2,1-4H3/b9-8+. The van der Waals surface area contributed by atoms with Crippen molar-refractivity contribution in [2.24, 2.45) is 0 Å². The fourth-order valence-electron chi connectivity index (χ4n) is 2.60. The van der Waals surface area contributed by atoms with Crippen molar-refractivity contribution in [3.8, 4) is 23.0 Å². The molecule has 2 N–H and O–H groups in total. The molecule has 0 saturated heterocycles. The van der Waals surface area contributed by atoms with Gasteiger partial charge in [-0.15, -0.1) is 0 Å². The average molecular weight is 393 g/mol. The smallest absolute Gasteiger partial charge is 0.175 e. The van der Waals surface area contributed by atoms with Crippen molar-refractivity contribution in [3.05, 3.63) is 46.9 Å². The average Bonchev–Trinajstić information content (AvgIpc) is 2.65. The Kier molecular flexibility index (Phi) is 6.57. The van der Waals surface area contributed by atoms with Gasteiger partial charge in [-0.25, -0.2) is 8.42 Å². The molecule has 8 heteroatoms. The monoisotopic (exact) mass is 393 g/mol. The lowest BCUT2D eigenvalue weighted by Crippen LogP contribution is -2.04. The van der Waals surface area contributed by atoms with Crippen LogP contribution in [0.5, 0.6) is 23.0 Å². The number of sulfone groups is 1. The first-order valence-corrected chi connectivity index (χ1v) is 9.69. The number of nitrogen functional groups attached to an aromatic ring is 1. The molecule has 0 aliphatic rings. The number of hydrogen-bond acceptors (Lipinski definition) is 7. The van der Waals surface area contributed by atoms with Crippen LogP contribution in [-0.4, -0.2) is 36.9 Å². The highest BCUT2D eigenvalue weighted by molar-refractivity contribution is 7.93. The van der Waals surface area contributed by atoms with Crippen LogP contribution in [0, 0.1) is 0 Å². The number of methoxy groups -OCH3 is 4. The number of ether oxygens (including phenoxy) is 4. The van der Waals surface area contributed by atoms with Gasteiger partial charge in [0, 0.05) is 23.1 Å². The van der Waals surface area contributed by atoms with E-state index in [-0.39, 0.29) is 5.75 Å². The van der Waals surface area contributed by atoms with Crippen LogP contribution in [0.2, 0.25) is 0 Å². The number of para-hydroxylation sites is 1. The molecular weight excluding hydrogens is 370 g/mol. The molecule has 0 saturated carbocycles. The van der Waals surface area contributed by atoms with Crippen molar-refractivity contribution >= 4 is 21.6 Å². The predicted molar refractivity (Wildman–Crippen MR) is 105 cm³/mol. The van der Waals surface area contributed by atoms with Crippen molar-refractivity contribution in [3.63, 3.8) is 0 Å². The van der Waals surface area contributed by atoms with Crippen LogP contribution in [0.3, 0.4) is 0 Å².